The van der Waals surface area contributed by atoms with Gasteiger partial charge in [-0.2, -0.15) is 11.3 Å². The lowest BCUT2D eigenvalue weighted by molar-refractivity contribution is 0.0963. The Labute approximate surface area is 111 Å². The number of rotatable bonds is 4. The molecule has 18 heavy (non-hydrogen) atoms. The van der Waals surface area contributed by atoms with Gasteiger partial charge in [-0.1, -0.05) is 0 Å². The van der Waals surface area contributed by atoms with Crippen molar-refractivity contribution in [3.63, 3.8) is 0 Å². The Bertz CT molecular complexity index is 505. The van der Waals surface area contributed by atoms with Crippen LogP contribution in [0.2, 0.25) is 0 Å². The van der Waals surface area contributed by atoms with E-state index in [2.05, 4.69) is 34.4 Å². The Morgan fingerprint density at radius 1 is 1.22 bits per heavy atom. The first-order chi connectivity index (χ1) is 8.70. The molecule has 1 unspecified atom stereocenters. The van der Waals surface area contributed by atoms with E-state index in [-0.39, 0.29) is 11.9 Å². The number of thiophene rings is 1. The van der Waals surface area contributed by atoms with Gasteiger partial charge < -0.3 is 10.6 Å². The zero-order valence-corrected chi connectivity index (χ0v) is 11.3. The molecular weight excluding hydrogens is 244 g/mol. The Kier molecular flexibility index (Phi) is 3.99. The molecular formula is C14H16N2OS. The standard InChI is InChI=1S/C14H16N2OS/c1-10(12-7-8-18-9-12)16-13-5-3-11(4-6-13)14(17)15-2/h3-10,16H,1-2H3,(H,15,17). The summed E-state index contributed by atoms with van der Waals surface area (Å²) in [6, 6.07) is 9.87. The van der Waals surface area contributed by atoms with Gasteiger partial charge in [-0.25, -0.2) is 0 Å². The van der Waals surface area contributed by atoms with Crippen LogP contribution in [0.15, 0.2) is 41.1 Å². The van der Waals surface area contributed by atoms with Crippen molar-refractivity contribution in [1.82, 2.24) is 5.32 Å². The fourth-order valence-electron chi connectivity index (χ4n) is 1.72. The molecule has 1 amide bonds. The highest BCUT2D eigenvalue weighted by molar-refractivity contribution is 7.07. The maximum Gasteiger partial charge on any atom is 0.251 e. The molecule has 0 saturated heterocycles. The van der Waals surface area contributed by atoms with Crippen LogP contribution in [0.25, 0.3) is 0 Å². The largest absolute Gasteiger partial charge is 0.378 e. The number of carbonyl (C=O) groups is 1. The molecule has 1 aromatic heterocycles. The van der Waals surface area contributed by atoms with E-state index < -0.39 is 0 Å². The number of amides is 1. The average Bonchev–Trinajstić information content (AvgIpc) is 2.92. The number of nitrogens with one attached hydrogen (secondary N) is 2. The van der Waals surface area contributed by atoms with E-state index in [0.717, 1.165) is 5.69 Å². The summed E-state index contributed by atoms with van der Waals surface area (Å²) in [5.74, 6) is -0.0626. The fourth-order valence-corrected chi connectivity index (χ4v) is 2.47. The third-order valence-electron chi connectivity index (χ3n) is 2.80. The van der Waals surface area contributed by atoms with E-state index in [9.17, 15) is 4.79 Å². The molecule has 1 heterocycles. The van der Waals surface area contributed by atoms with Gasteiger partial charge >= 0.3 is 0 Å². The minimum absolute atomic E-state index is 0.0626. The number of benzene rings is 1. The van der Waals surface area contributed by atoms with Crippen molar-refractivity contribution < 1.29 is 4.79 Å². The van der Waals surface area contributed by atoms with E-state index in [4.69, 9.17) is 0 Å². The van der Waals surface area contributed by atoms with Crippen LogP contribution in [-0.2, 0) is 0 Å². The predicted molar refractivity (Wildman–Crippen MR) is 76.2 cm³/mol. The Balaban J connectivity index is 2.04. The highest BCUT2D eigenvalue weighted by atomic mass is 32.1. The minimum atomic E-state index is -0.0626. The number of carbonyl (C=O) groups excluding carboxylic acids is 1. The molecule has 1 aromatic carbocycles. The Morgan fingerprint density at radius 3 is 2.50 bits per heavy atom. The van der Waals surface area contributed by atoms with Gasteiger partial charge in [0, 0.05) is 24.3 Å². The van der Waals surface area contributed by atoms with E-state index in [1.165, 1.54) is 5.56 Å². The van der Waals surface area contributed by atoms with Crippen molar-refractivity contribution in [2.75, 3.05) is 12.4 Å². The summed E-state index contributed by atoms with van der Waals surface area (Å²) in [6.07, 6.45) is 0. The Hall–Kier alpha value is -1.81. The smallest absolute Gasteiger partial charge is 0.251 e. The lowest BCUT2D eigenvalue weighted by Gasteiger charge is -2.14. The van der Waals surface area contributed by atoms with Crippen LogP contribution in [-0.4, -0.2) is 13.0 Å². The van der Waals surface area contributed by atoms with Gasteiger partial charge in [-0.15, -0.1) is 0 Å². The molecule has 4 heteroatoms. The van der Waals surface area contributed by atoms with Crippen LogP contribution in [0.1, 0.15) is 28.9 Å². The van der Waals surface area contributed by atoms with Crippen molar-refractivity contribution in [2.24, 2.45) is 0 Å². The summed E-state index contributed by atoms with van der Waals surface area (Å²) in [5, 5.41) is 10.2. The van der Waals surface area contributed by atoms with Crippen LogP contribution in [0, 0.1) is 0 Å². The fraction of sp³-hybridized carbons (Fsp3) is 0.214. The maximum absolute atomic E-state index is 11.4. The minimum Gasteiger partial charge on any atom is -0.378 e. The second-order valence-corrected chi connectivity index (χ2v) is 4.86. The van der Waals surface area contributed by atoms with Crippen LogP contribution in [0.5, 0.6) is 0 Å². The first-order valence-corrected chi connectivity index (χ1v) is 6.76. The summed E-state index contributed by atoms with van der Waals surface area (Å²) >= 11 is 1.69. The quantitative estimate of drug-likeness (QED) is 0.885. The molecule has 2 rings (SSSR count). The van der Waals surface area contributed by atoms with Crippen LogP contribution < -0.4 is 10.6 Å². The van der Waals surface area contributed by atoms with Gasteiger partial charge in [-0.3, -0.25) is 4.79 Å². The molecule has 2 aromatic rings. The lowest BCUT2D eigenvalue weighted by atomic mass is 10.1. The highest BCUT2D eigenvalue weighted by Crippen LogP contribution is 2.21. The molecule has 3 nitrogen and oxygen atoms in total. The molecule has 1 atom stereocenters. The van der Waals surface area contributed by atoms with E-state index in [0.29, 0.717) is 5.56 Å². The second-order valence-electron chi connectivity index (χ2n) is 4.08. The third kappa shape index (κ3) is 2.90. The summed E-state index contributed by atoms with van der Waals surface area (Å²) in [6.45, 7) is 2.12. The number of anilines is 1. The number of hydrogen-bond donors (Lipinski definition) is 2. The predicted octanol–water partition coefficient (Wildman–Crippen LogP) is 3.28. The van der Waals surface area contributed by atoms with Crippen molar-refractivity contribution in [3.8, 4) is 0 Å². The second kappa shape index (κ2) is 5.69. The molecule has 94 valence electrons. The van der Waals surface area contributed by atoms with E-state index in [1.54, 1.807) is 18.4 Å². The first kappa shape index (κ1) is 12.6. The van der Waals surface area contributed by atoms with Crippen LogP contribution in [0.3, 0.4) is 0 Å². The third-order valence-corrected chi connectivity index (χ3v) is 3.50. The summed E-state index contributed by atoms with van der Waals surface area (Å²) in [5.41, 5.74) is 2.96. The average molecular weight is 260 g/mol. The summed E-state index contributed by atoms with van der Waals surface area (Å²) < 4.78 is 0. The first-order valence-electron chi connectivity index (χ1n) is 5.81. The molecule has 0 aliphatic carbocycles. The molecule has 2 N–H and O–H groups in total. The van der Waals surface area contributed by atoms with Gasteiger partial charge in [0.15, 0.2) is 0 Å². The normalized spacial score (nSPS) is 11.9. The SMILES string of the molecule is CNC(=O)c1ccc(NC(C)c2ccsc2)cc1. The van der Waals surface area contributed by atoms with Gasteiger partial charge in [0.25, 0.3) is 5.91 Å². The number of hydrogen-bond acceptors (Lipinski definition) is 3. The van der Waals surface area contributed by atoms with Crippen molar-refractivity contribution in [1.29, 1.82) is 0 Å². The van der Waals surface area contributed by atoms with E-state index in [1.807, 2.05) is 24.3 Å². The molecule has 0 saturated carbocycles. The zero-order valence-electron chi connectivity index (χ0n) is 10.4. The maximum atomic E-state index is 11.4. The molecule has 0 bridgehead atoms. The molecule has 0 fully saturated rings. The zero-order chi connectivity index (χ0) is 13.0. The monoisotopic (exact) mass is 260 g/mol. The molecule has 0 spiro atoms. The van der Waals surface area contributed by atoms with Crippen LogP contribution in [0.4, 0.5) is 5.69 Å². The van der Waals surface area contributed by atoms with Crippen molar-refractivity contribution in [2.45, 2.75) is 13.0 Å². The van der Waals surface area contributed by atoms with Crippen LogP contribution >= 0.6 is 11.3 Å². The highest BCUT2D eigenvalue weighted by Gasteiger charge is 2.06. The van der Waals surface area contributed by atoms with Gasteiger partial charge in [-0.05, 0) is 53.6 Å². The molecule has 0 radical (unpaired) electrons. The van der Waals surface area contributed by atoms with Crippen molar-refractivity contribution >= 4 is 22.9 Å². The molecule has 0 aliphatic heterocycles. The van der Waals surface area contributed by atoms with Gasteiger partial charge in [0.2, 0.25) is 0 Å². The topological polar surface area (TPSA) is 41.1 Å². The van der Waals surface area contributed by atoms with Gasteiger partial charge in [0.05, 0.1) is 0 Å². The lowest BCUT2D eigenvalue weighted by Crippen LogP contribution is -2.17. The van der Waals surface area contributed by atoms with Gasteiger partial charge in [0.1, 0.15) is 0 Å². The van der Waals surface area contributed by atoms with E-state index >= 15 is 0 Å². The summed E-state index contributed by atoms with van der Waals surface area (Å²) in [4.78, 5) is 11.4. The summed E-state index contributed by atoms with van der Waals surface area (Å²) in [7, 11) is 1.63. The van der Waals surface area contributed by atoms with Crippen molar-refractivity contribution in [3.05, 3.63) is 52.2 Å². The molecule has 0 aliphatic rings. The Morgan fingerprint density at radius 2 is 1.94 bits per heavy atom.